The van der Waals surface area contributed by atoms with Gasteiger partial charge in [-0.25, -0.2) is 13.2 Å². The zero-order valence-corrected chi connectivity index (χ0v) is 19.3. The number of nitrogens with zero attached hydrogens (tertiary/aromatic N) is 2. The van der Waals surface area contributed by atoms with Crippen molar-refractivity contribution in [1.29, 1.82) is 0 Å². The zero-order valence-electron chi connectivity index (χ0n) is 18.5. The van der Waals surface area contributed by atoms with Crippen molar-refractivity contribution in [1.82, 2.24) is 10.3 Å². The van der Waals surface area contributed by atoms with Crippen molar-refractivity contribution in [3.63, 3.8) is 0 Å². The monoisotopic (exact) mass is 559 g/mol. The molecule has 2 aliphatic rings. The van der Waals surface area contributed by atoms with Gasteiger partial charge >= 0.3 is 12.4 Å². The molecule has 0 unspecified atom stereocenters. The summed E-state index contributed by atoms with van der Waals surface area (Å²) >= 11 is 5.59. The Balaban J connectivity index is 1.63. The predicted molar refractivity (Wildman–Crippen MR) is 111 cm³/mol. The van der Waals surface area contributed by atoms with Crippen molar-refractivity contribution < 1.29 is 49.1 Å². The molecule has 1 fully saturated rings. The molecule has 15 heteroatoms. The number of carbonyl (C=O) groups is 1. The molecule has 0 spiro atoms. The fourth-order valence-electron chi connectivity index (χ4n) is 4.09. The van der Waals surface area contributed by atoms with E-state index in [-0.39, 0.29) is 22.9 Å². The summed E-state index contributed by atoms with van der Waals surface area (Å²) in [6, 6.07) is 0.944. The maximum absolute atomic E-state index is 14.8. The number of pyridine rings is 1. The van der Waals surface area contributed by atoms with E-state index in [1.165, 1.54) is 6.92 Å². The van der Waals surface area contributed by atoms with Gasteiger partial charge < -0.3 is 10.2 Å². The summed E-state index contributed by atoms with van der Waals surface area (Å²) in [6.07, 6.45) is -12.1. The number of benzene rings is 1. The van der Waals surface area contributed by atoms with Crippen LogP contribution in [-0.2, 0) is 16.6 Å². The highest BCUT2D eigenvalue weighted by Gasteiger charge is 2.64. The first-order valence-electron chi connectivity index (χ1n) is 10.5. The maximum Gasteiger partial charge on any atom is 0.435 e. The van der Waals surface area contributed by atoms with Crippen LogP contribution >= 0.6 is 11.6 Å². The van der Waals surface area contributed by atoms with E-state index in [2.05, 4.69) is 20.3 Å². The summed E-state index contributed by atoms with van der Waals surface area (Å²) in [7, 11) is 0. The molecule has 1 aliphatic carbocycles. The highest BCUT2D eigenvalue weighted by atomic mass is 35.5. The van der Waals surface area contributed by atoms with Gasteiger partial charge in [0.1, 0.15) is 11.5 Å². The molecule has 2 aromatic rings. The van der Waals surface area contributed by atoms with Crippen LogP contribution in [0.15, 0.2) is 29.6 Å². The quantitative estimate of drug-likeness (QED) is 0.447. The Bertz CT molecular complexity index is 1290. The highest BCUT2D eigenvalue weighted by molar-refractivity contribution is 6.30. The average molecular weight is 560 g/mol. The first kappa shape index (κ1) is 27.0. The molecule has 1 amide bonds. The van der Waals surface area contributed by atoms with Crippen molar-refractivity contribution in [3.05, 3.63) is 63.2 Å². The van der Waals surface area contributed by atoms with Crippen molar-refractivity contribution in [3.8, 4) is 0 Å². The van der Waals surface area contributed by atoms with Crippen LogP contribution < -0.4 is 5.32 Å². The summed E-state index contributed by atoms with van der Waals surface area (Å²) < 4.78 is 123. The lowest BCUT2D eigenvalue weighted by atomic mass is 9.85. The standard InChI is InChI=1S/C22H15ClF9N3O2/c1-9-2-15(33-8-12(9)18(36)34-11-5-19(25,26)6-11)16-7-20(37-35-16,22(30,31)32)13-3-10(23)4-14(17(13)24)21(27,28)29/h2-4,8,11H,5-7H2,1H3,(H,34,36)/t20-/m0/s1. The Hall–Kier alpha value is -3.03. The molecule has 1 aromatic carbocycles. The summed E-state index contributed by atoms with van der Waals surface area (Å²) in [6.45, 7) is 1.40. The number of nitrogens with one attached hydrogen (secondary N) is 1. The highest BCUT2D eigenvalue weighted by Crippen LogP contribution is 2.51. The fourth-order valence-corrected chi connectivity index (χ4v) is 4.31. The number of alkyl halides is 8. The van der Waals surface area contributed by atoms with E-state index in [9.17, 15) is 44.3 Å². The molecule has 0 radical (unpaired) electrons. The van der Waals surface area contributed by atoms with Crippen LogP contribution in [0.2, 0.25) is 5.02 Å². The van der Waals surface area contributed by atoms with E-state index in [1.807, 2.05) is 0 Å². The SMILES string of the molecule is Cc1cc(C2=NO[C@@](c3cc(Cl)cc(C(F)(F)F)c3F)(C(F)(F)F)C2)ncc1C(=O)NC1CC(F)(F)C1. The molecule has 1 atom stereocenters. The predicted octanol–water partition coefficient (Wildman–Crippen LogP) is 6.31. The minimum Gasteiger partial charge on any atom is -0.374 e. The molecular formula is C22H15ClF9N3O2. The van der Waals surface area contributed by atoms with Crippen molar-refractivity contribution in [2.45, 2.75) is 56.1 Å². The molecule has 2 heterocycles. The van der Waals surface area contributed by atoms with Crippen LogP contribution in [-0.4, -0.2) is 34.7 Å². The molecule has 0 saturated heterocycles. The number of rotatable bonds is 4. The van der Waals surface area contributed by atoms with Crippen molar-refractivity contribution >= 4 is 23.2 Å². The van der Waals surface area contributed by atoms with Crippen LogP contribution in [0.4, 0.5) is 39.5 Å². The smallest absolute Gasteiger partial charge is 0.374 e. The van der Waals surface area contributed by atoms with Crippen LogP contribution in [0.5, 0.6) is 0 Å². The molecule has 1 saturated carbocycles. The van der Waals surface area contributed by atoms with Gasteiger partial charge in [-0.15, -0.1) is 0 Å². The van der Waals surface area contributed by atoms with Crippen molar-refractivity contribution in [2.24, 2.45) is 5.16 Å². The van der Waals surface area contributed by atoms with Gasteiger partial charge in [0, 0.05) is 35.7 Å². The molecule has 1 aliphatic heterocycles. The number of halogens is 10. The molecule has 200 valence electrons. The van der Waals surface area contributed by atoms with E-state index in [0.717, 1.165) is 12.3 Å². The van der Waals surface area contributed by atoms with Crippen LogP contribution in [0, 0.1) is 12.7 Å². The summed E-state index contributed by atoms with van der Waals surface area (Å²) in [4.78, 5) is 20.8. The van der Waals surface area contributed by atoms with E-state index >= 15 is 0 Å². The van der Waals surface area contributed by atoms with Gasteiger partial charge in [0.15, 0.2) is 0 Å². The molecule has 5 nitrogen and oxygen atoms in total. The zero-order chi connectivity index (χ0) is 27.6. The van der Waals surface area contributed by atoms with Crippen LogP contribution in [0.25, 0.3) is 0 Å². The lowest BCUT2D eigenvalue weighted by molar-refractivity contribution is -0.277. The number of hydrogen-bond donors (Lipinski definition) is 1. The van der Waals surface area contributed by atoms with E-state index in [0.29, 0.717) is 6.07 Å². The van der Waals surface area contributed by atoms with E-state index < -0.39 is 82.8 Å². The third-order valence-electron chi connectivity index (χ3n) is 6.04. The molecule has 4 rings (SSSR count). The Labute approximate surface area is 207 Å². The number of amides is 1. The number of carbonyl (C=O) groups excluding carboxylic acids is 1. The Morgan fingerprint density at radius 2 is 1.78 bits per heavy atom. The first-order valence-corrected chi connectivity index (χ1v) is 10.9. The van der Waals surface area contributed by atoms with Gasteiger partial charge in [-0.05, 0) is 30.7 Å². The third-order valence-corrected chi connectivity index (χ3v) is 6.26. The molecule has 37 heavy (non-hydrogen) atoms. The van der Waals surface area contributed by atoms with Crippen LogP contribution in [0.1, 0.15) is 52.0 Å². The molecular weight excluding hydrogens is 545 g/mol. The van der Waals surface area contributed by atoms with Gasteiger partial charge in [0.05, 0.1) is 23.2 Å². The summed E-state index contributed by atoms with van der Waals surface area (Å²) in [5.41, 5.74) is -7.73. The van der Waals surface area contributed by atoms with Gasteiger partial charge in [0.25, 0.3) is 17.4 Å². The summed E-state index contributed by atoms with van der Waals surface area (Å²) in [5.74, 6) is -5.82. The number of aryl methyl sites for hydroxylation is 1. The second-order valence-electron chi connectivity index (χ2n) is 8.76. The summed E-state index contributed by atoms with van der Waals surface area (Å²) in [5, 5.41) is 4.91. The Morgan fingerprint density at radius 3 is 2.32 bits per heavy atom. The topological polar surface area (TPSA) is 63.6 Å². The fraction of sp³-hybridized carbons (Fsp3) is 0.409. The van der Waals surface area contributed by atoms with Crippen molar-refractivity contribution in [2.75, 3.05) is 0 Å². The van der Waals surface area contributed by atoms with Gasteiger partial charge in [0.2, 0.25) is 0 Å². The minimum absolute atomic E-state index is 0.0451. The first-order chi connectivity index (χ1) is 16.9. The Morgan fingerprint density at radius 1 is 1.14 bits per heavy atom. The third kappa shape index (κ3) is 4.94. The second-order valence-corrected chi connectivity index (χ2v) is 9.20. The van der Waals surface area contributed by atoms with E-state index in [4.69, 9.17) is 11.6 Å². The number of aromatic nitrogens is 1. The molecule has 1 N–H and O–H groups in total. The Kier molecular flexibility index (Phi) is 6.41. The largest absolute Gasteiger partial charge is 0.435 e. The normalized spacial score (nSPS) is 21.8. The van der Waals surface area contributed by atoms with Crippen LogP contribution in [0.3, 0.4) is 0 Å². The van der Waals surface area contributed by atoms with E-state index in [1.54, 1.807) is 0 Å². The second kappa shape index (κ2) is 8.77. The number of oxime groups is 1. The molecule has 0 bridgehead atoms. The maximum atomic E-state index is 14.8. The number of hydrogen-bond acceptors (Lipinski definition) is 4. The average Bonchev–Trinajstić information content (AvgIpc) is 3.19. The minimum atomic E-state index is -5.44. The lowest BCUT2D eigenvalue weighted by Crippen LogP contribution is -2.50. The van der Waals surface area contributed by atoms with Gasteiger partial charge in [-0.3, -0.25) is 9.78 Å². The molecule has 1 aromatic heterocycles. The van der Waals surface area contributed by atoms with Gasteiger partial charge in [-0.2, -0.15) is 26.3 Å². The van der Waals surface area contributed by atoms with Gasteiger partial charge in [-0.1, -0.05) is 16.8 Å². The lowest BCUT2D eigenvalue weighted by Gasteiger charge is -2.35.